The van der Waals surface area contributed by atoms with Gasteiger partial charge in [0, 0.05) is 11.4 Å². The molecule has 3 rings (SSSR count). The third-order valence-corrected chi connectivity index (χ3v) is 5.09. The molecule has 0 bridgehead atoms. The van der Waals surface area contributed by atoms with E-state index in [1.165, 1.54) is 12.1 Å². The molecule has 23 heavy (non-hydrogen) atoms. The summed E-state index contributed by atoms with van der Waals surface area (Å²) >= 11 is 1.59. The normalized spacial score (nSPS) is 20.7. The van der Waals surface area contributed by atoms with Crippen LogP contribution in [0.15, 0.2) is 24.3 Å². The number of benzene rings is 1. The van der Waals surface area contributed by atoms with Crippen LogP contribution >= 0.6 is 11.3 Å². The van der Waals surface area contributed by atoms with Gasteiger partial charge in [0.2, 0.25) is 5.91 Å². The van der Waals surface area contributed by atoms with Crippen molar-refractivity contribution in [2.75, 3.05) is 6.54 Å². The van der Waals surface area contributed by atoms with Crippen LogP contribution in [0.2, 0.25) is 0 Å². The van der Waals surface area contributed by atoms with E-state index in [1.54, 1.807) is 17.4 Å². The number of halogens is 1. The van der Waals surface area contributed by atoms with Crippen LogP contribution in [-0.4, -0.2) is 17.4 Å². The Morgan fingerprint density at radius 3 is 3.00 bits per heavy atom. The van der Waals surface area contributed by atoms with E-state index in [0.717, 1.165) is 21.1 Å². The molecule has 3 N–H and O–H groups in total. The molecule has 1 saturated heterocycles. The number of carbonyl (C=O) groups excluding carboxylic acids is 1. The Morgan fingerprint density at radius 1 is 1.48 bits per heavy atom. The fourth-order valence-electron chi connectivity index (χ4n) is 2.67. The van der Waals surface area contributed by atoms with Crippen molar-refractivity contribution >= 4 is 17.2 Å². The van der Waals surface area contributed by atoms with Crippen LogP contribution in [0.1, 0.15) is 27.2 Å². The van der Waals surface area contributed by atoms with Gasteiger partial charge in [-0.3, -0.25) is 10.2 Å². The first-order valence-electron chi connectivity index (χ1n) is 7.49. The Kier molecular flexibility index (Phi) is 4.70. The van der Waals surface area contributed by atoms with Crippen molar-refractivity contribution in [1.82, 2.24) is 21.2 Å². The molecule has 2 heterocycles. The minimum atomic E-state index is -0.302. The van der Waals surface area contributed by atoms with Crippen molar-refractivity contribution in [3.8, 4) is 0 Å². The predicted molar refractivity (Wildman–Crippen MR) is 87.2 cm³/mol. The van der Waals surface area contributed by atoms with Crippen LogP contribution in [0.4, 0.5) is 4.39 Å². The molecule has 5 nitrogen and oxygen atoms in total. The first-order chi connectivity index (χ1) is 11.0. The van der Waals surface area contributed by atoms with Gasteiger partial charge < -0.3 is 5.32 Å². The molecule has 1 aliphatic heterocycles. The van der Waals surface area contributed by atoms with Crippen molar-refractivity contribution in [3.05, 3.63) is 51.2 Å². The van der Waals surface area contributed by atoms with Crippen LogP contribution in [0.25, 0.3) is 0 Å². The molecule has 2 unspecified atom stereocenters. The molecular weight excluding hydrogens is 315 g/mol. The fourth-order valence-corrected chi connectivity index (χ4v) is 3.54. The lowest BCUT2D eigenvalue weighted by molar-refractivity contribution is -0.125. The van der Waals surface area contributed by atoms with Crippen molar-refractivity contribution in [1.29, 1.82) is 0 Å². The molecular formula is C16H19FN4OS. The topological polar surface area (TPSA) is 66.0 Å². The number of amides is 1. The first kappa shape index (κ1) is 16.0. The molecule has 0 aliphatic carbocycles. The summed E-state index contributed by atoms with van der Waals surface area (Å²) in [6.45, 7) is 4.90. The van der Waals surface area contributed by atoms with Gasteiger partial charge in [-0.25, -0.2) is 14.8 Å². The fraction of sp³-hybridized carbons (Fsp3) is 0.375. The second-order valence-corrected chi connectivity index (χ2v) is 6.92. The summed E-state index contributed by atoms with van der Waals surface area (Å²) in [5.74, 6) is -0.662. The molecule has 0 saturated carbocycles. The average molecular weight is 334 g/mol. The van der Waals surface area contributed by atoms with Crippen molar-refractivity contribution in [3.63, 3.8) is 0 Å². The van der Waals surface area contributed by atoms with E-state index in [1.807, 2.05) is 19.9 Å². The van der Waals surface area contributed by atoms with Gasteiger partial charge in [0.15, 0.2) is 0 Å². The minimum absolute atomic E-state index is 0.0673. The van der Waals surface area contributed by atoms with E-state index in [-0.39, 0.29) is 23.7 Å². The lowest BCUT2D eigenvalue weighted by atomic mass is 9.94. The van der Waals surface area contributed by atoms with E-state index in [2.05, 4.69) is 21.2 Å². The number of hydrogen-bond acceptors (Lipinski definition) is 5. The summed E-state index contributed by atoms with van der Waals surface area (Å²) in [6, 6.07) is 6.08. The van der Waals surface area contributed by atoms with Gasteiger partial charge >= 0.3 is 0 Å². The highest BCUT2D eigenvalue weighted by Crippen LogP contribution is 2.25. The molecule has 1 aliphatic rings. The number of thiazole rings is 1. The summed E-state index contributed by atoms with van der Waals surface area (Å²) in [5.41, 5.74) is 7.80. The molecule has 0 spiro atoms. The highest BCUT2D eigenvalue weighted by molar-refractivity contribution is 7.11. The molecule has 1 aromatic carbocycles. The monoisotopic (exact) mass is 334 g/mol. The Morgan fingerprint density at radius 2 is 2.30 bits per heavy atom. The van der Waals surface area contributed by atoms with Gasteiger partial charge in [-0.1, -0.05) is 12.1 Å². The van der Waals surface area contributed by atoms with Crippen LogP contribution in [0.5, 0.6) is 0 Å². The third kappa shape index (κ3) is 3.57. The smallest absolute Gasteiger partial charge is 0.226 e. The summed E-state index contributed by atoms with van der Waals surface area (Å²) in [6.07, 6.45) is 0. The summed E-state index contributed by atoms with van der Waals surface area (Å²) in [7, 11) is 0. The van der Waals surface area contributed by atoms with Gasteiger partial charge in [0.1, 0.15) is 10.8 Å². The summed E-state index contributed by atoms with van der Waals surface area (Å²) in [5, 5.41) is 3.83. The number of nitrogens with one attached hydrogen (secondary N) is 3. The second-order valence-electron chi connectivity index (χ2n) is 5.63. The number of hydrazine groups is 1. The number of hydrogen-bond donors (Lipinski definition) is 3. The quantitative estimate of drug-likeness (QED) is 0.800. The number of nitrogens with zero attached hydrogens (tertiary/aromatic N) is 1. The van der Waals surface area contributed by atoms with Gasteiger partial charge in [0.05, 0.1) is 24.2 Å². The first-order valence-corrected chi connectivity index (χ1v) is 8.30. The third-order valence-electron chi connectivity index (χ3n) is 4.01. The molecule has 1 aromatic heterocycles. The number of aromatic nitrogens is 1. The summed E-state index contributed by atoms with van der Waals surface area (Å²) < 4.78 is 13.4. The number of rotatable bonds is 4. The van der Waals surface area contributed by atoms with E-state index in [9.17, 15) is 9.18 Å². The maximum absolute atomic E-state index is 13.4. The zero-order valence-corrected chi connectivity index (χ0v) is 13.8. The van der Waals surface area contributed by atoms with E-state index in [0.29, 0.717) is 13.1 Å². The van der Waals surface area contributed by atoms with Gasteiger partial charge in [0.25, 0.3) is 0 Å². The molecule has 1 amide bonds. The second kappa shape index (κ2) is 6.74. The van der Waals surface area contributed by atoms with Gasteiger partial charge in [-0.05, 0) is 31.5 Å². The Balaban J connectivity index is 1.66. The highest BCUT2D eigenvalue weighted by Gasteiger charge is 2.34. The molecule has 2 atom stereocenters. The largest absolute Gasteiger partial charge is 0.349 e. The molecule has 7 heteroatoms. The van der Waals surface area contributed by atoms with Crippen LogP contribution in [-0.2, 0) is 11.3 Å². The van der Waals surface area contributed by atoms with E-state index >= 15 is 0 Å². The maximum Gasteiger partial charge on any atom is 0.226 e. The van der Waals surface area contributed by atoms with Gasteiger partial charge in [-0.2, -0.15) is 0 Å². The van der Waals surface area contributed by atoms with Gasteiger partial charge in [-0.15, -0.1) is 11.3 Å². The predicted octanol–water partition coefficient (Wildman–Crippen LogP) is 1.98. The van der Waals surface area contributed by atoms with Crippen LogP contribution in [0, 0.1) is 25.6 Å². The maximum atomic E-state index is 13.4. The molecule has 2 aromatic rings. The van der Waals surface area contributed by atoms with E-state index in [4.69, 9.17) is 0 Å². The zero-order chi connectivity index (χ0) is 16.4. The summed E-state index contributed by atoms with van der Waals surface area (Å²) in [4.78, 5) is 18.1. The lowest BCUT2D eigenvalue weighted by Crippen LogP contribution is -2.34. The lowest BCUT2D eigenvalue weighted by Gasteiger charge is -2.18. The van der Waals surface area contributed by atoms with Crippen LogP contribution in [0.3, 0.4) is 0 Å². The Labute approximate surface area is 138 Å². The standard InChI is InChI=1S/C16H19FN4OS/c1-9-10(2)23-14(20-9)8-18-16(22)13-7-19-21-15(13)11-4-3-5-12(17)6-11/h3-6,13,15,19,21H,7-8H2,1-2H3,(H,18,22). The number of aryl methyl sites for hydroxylation is 2. The Hall–Kier alpha value is -1.83. The average Bonchev–Trinajstić information content (AvgIpc) is 3.12. The highest BCUT2D eigenvalue weighted by atomic mass is 32.1. The van der Waals surface area contributed by atoms with Crippen LogP contribution < -0.4 is 16.2 Å². The minimum Gasteiger partial charge on any atom is -0.349 e. The SMILES string of the molecule is Cc1nc(CNC(=O)C2CNNC2c2cccc(F)c2)sc1C. The molecule has 1 fully saturated rings. The van der Waals surface area contributed by atoms with Crippen molar-refractivity contribution in [2.24, 2.45) is 5.92 Å². The zero-order valence-electron chi connectivity index (χ0n) is 13.0. The molecule has 0 radical (unpaired) electrons. The van der Waals surface area contributed by atoms with Crippen molar-refractivity contribution < 1.29 is 9.18 Å². The Bertz CT molecular complexity index is 698. The number of carbonyl (C=O) groups is 1. The van der Waals surface area contributed by atoms with Crippen molar-refractivity contribution in [2.45, 2.75) is 26.4 Å². The molecule has 122 valence electrons. The van der Waals surface area contributed by atoms with E-state index < -0.39 is 0 Å².